The van der Waals surface area contributed by atoms with Crippen LogP contribution in [0.15, 0.2) is 48.5 Å². The summed E-state index contributed by atoms with van der Waals surface area (Å²) in [5.41, 5.74) is 2.74. The molecule has 0 aliphatic carbocycles. The zero-order valence-electron chi connectivity index (χ0n) is 11.1. The lowest BCUT2D eigenvalue weighted by atomic mass is 9.99. The average Bonchev–Trinajstić information content (AvgIpc) is 2.48. The monoisotopic (exact) mass is 269 g/mol. The Morgan fingerprint density at radius 2 is 1.95 bits per heavy atom. The Labute approximate surface area is 117 Å². The fourth-order valence-corrected chi connectivity index (χ4v) is 1.95. The molecule has 2 aromatic rings. The van der Waals surface area contributed by atoms with Crippen LogP contribution in [0, 0.1) is 0 Å². The van der Waals surface area contributed by atoms with Crippen LogP contribution in [-0.2, 0) is 9.53 Å². The summed E-state index contributed by atoms with van der Waals surface area (Å²) in [6.45, 7) is 2.09. The van der Waals surface area contributed by atoms with E-state index in [0.717, 1.165) is 11.1 Å². The molecular weight excluding hydrogens is 254 g/mol. The molecule has 0 saturated carbocycles. The van der Waals surface area contributed by atoms with Gasteiger partial charge in [-0.25, -0.2) is 4.79 Å². The molecule has 4 nitrogen and oxygen atoms in total. The number of amides is 1. The molecule has 0 bridgehead atoms. The van der Waals surface area contributed by atoms with Gasteiger partial charge in [0.15, 0.2) is 0 Å². The molecule has 0 spiro atoms. The smallest absolute Gasteiger partial charge is 0.338 e. The van der Waals surface area contributed by atoms with Gasteiger partial charge >= 0.3 is 5.97 Å². The number of carbonyl (C=O) groups excluding carboxylic acids is 2. The molecule has 2 aromatic carbocycles. The van der Waals surface area contributed by atoms with Crippen LogP contribution in [0.2, 0.25) is 0 Å². The SMILES string of the molecule is CCOC(=O)c1ccc(NC=O)cc1-c1ccccc1. The molecule has 0 heterocycles. The van der Waals surface area contributed by atoms with Gasteiger partial charge in [0, 0.05) is 5.69 Å². The van der Waals surface area contributed by atoms with Gasteiger partial charge in [-0.1, -0.05) is 30.3 Å². The Morgan fingerprint density at radius 1 is 1.20 bits per heavy atom. The average molecular weight is 269 g/mol. The van der Waals surface area contributed by atoms with Gasteiger partial charge in [-0.15, -0.1) is 0 Å². The molecule has 20 heavy (non-hydrogen) atoms. The lowest BCUT2D eigenvalue weighted by Gasteiger charge is -2.11. The molecule has 0 atom stereocenters. The first-order valence-electron chi connectivity index (χ1n) is 6.33. The first kappa shape index (κ1) is 13.8. The van der Waals surface area contributed by atoms with Crippen molar-refractivity contribution in [3.63, 3.8) is 0 Å². The first-order chi connectivity index (χ1) is 9.76. The van der Waals surface area contributed by atoms with Gasteiger partial charge in [0.25, 0.3) is 0 Å². The number of hydrogen-bond donors (Lipinski definition) is 1. The van der Waals surface area contributed by atoms with Gasteiger partial charge in [0.1, 0.15) is 0 Å². The highest BCUT2D eigenvalue weighted by molar-refractivity contribution is 5.98. The summed E-state index contributed by atoms with van der Waals surface area (Å²) in [5.74, 6) is -0.371. The molecule has 0 aliphatic rings. The van der Waals surface area contributed by atoms with E-state index in [0.29, 0.717) is 24.3 Å². The van der Waals surface area contributed by atoms with Crippen LogP contribution in [0.25, 0.3) is 11.1 Å². The Hall–Kier alpha value is -2.62. The second-order valence-electron chi connectivity index (χ2n) is 4.11. The number of rotatable bonds is 5. The van der Waals surface area contributed by atoms with Crippen molar-refractivity contribution in [3.05, 3.63) is 54.1 Å². The van der Waals surface area contributed by atoms with E-state index in [-0.39, 0.29) is 5.97 Å². The Morgan fingerprint density at radius 3 is 2.60 bits per heavy atom. The fraction of sp³-hybridized carbons (Fsp3) is 0.125. The number of anilines is 1. The Kier molecular flexibility index (Phi) is 4.50. The maximum Gasteiger partial charge on any atom is 0.338 e. The van der Waals surface area contributed by atoms with Crippen molar-refractivity contribution in [2.75, 3.05) is 11.9 Å². The normalized spacial score (nSPS) is 9.85. The number of hydrogen-bond acceptors (Lipinski definition) is 3. The van der Waals surface area contributed by atoms with Crippen molar-refractivity contribution in [2.45, 2.75) is 6.92 Å². The largest absolute Gasteiger partial charge is 0.462 e. The van der Waals surface area contributed by atoms with E-state index < -0.39 is 0 Å². The number of esters is 1. The molecule has 0 aliphatic heterocycles. The lowest BCUT2D eigenvalue weighted by molar-refractivity contribution is -0.105. The van der Waals surface area contributed by atoms with Crippen molar-refractivity contribution < 1.29 is 14.3 Å². The third-order valence-electron chi connectivity index (χ3n) is 2.83. The lowest BCUT2D eigenvalue weighted by Crippen LogP contribution is -2.07. The van der Waals surface area contributed by atoms with Crippen molar-refractivity contribution in [3.8, 4) is 11.1 Å². The molecule has 0 aromatic heterocycles. The van der Waals surface area contributed by atoms with E-state index in [1.165, 1.54) is 0 Å². The van der Waals surface area contributed by atoms with Crippen molar-refractivity contribution in [1.82, 2.24) is 0 Å². The standard InChI is InChI=1S/C16H15NO3/c1-2-20-16(19)14-9-8-13(17-11-18)10-15(14)12-6-4-3-5-7-12/h3-11H,2H2,1H3,(H,17,18). The number of benzene rings is 2. The van der Waals surface area contributed by atoms with Gasteiger partial charge in [-0.2, -0.15) is 0 Å². The van der Waals surface area contributed by atoms with Crippen molar-refractivity contribution in [2.24, 2.45) is 0 Å². The number of ether oxygens (including phenoxy) is 1. The van der Waals surface area contributed by atoms with E-state index >= 15 is 0 Å². The first-order valence-corrected chi connectivity index (χ1v) is 6.33. The second-order valence-corrected chi connectivity index (χ2v) is 4.11. The topological polar surface area (TPSA) is 55.4 Å². The molecule has 2 rings (SSSR count). The van der Waals surface area contributed by atoms with Crippen LogP contribution in [0.5, 0.6) is 0 Å². The van der Waals surface area contributed by atoms with Gasteiger partial charge in [0.2, 0.25) is 6.41 Å². The molecule has 0 saturated heterocycles. The molecule has 1 N–H and O–H groups in total. The zero-order chi connectivity index (χ0) is 14.4. The third kappa shape index (κ3) is 3.03. The molecule has 4 heteroatoms. The summed E-state index contributed by atoms with van der Waals surface area (Å²) in [6.07, 6.45) is 0.605. The van der Waals surface area contributed by atoms with Crippen LogP contribution < -0.4 is 5.32 Å². The Bertz CT molecular complexity index is 608. The van der Waals surface area contributed by atoms with Crippen LogP contribution in [-0.4, -0.2) is 19.0 Å². The highest BCUT2D eigenvalue weighted by atomic mass is 16.5. The second kappa shape index (κ2) is 6.52. The minimum atomic E-state index is -0.371. The summed E-state index contributed by atoms with van der Waals surface area (Å²) >= 11 is 0. The van der Waals surface area contributed by atoms with E-state index in [4.69, 9.17) is 4.74 Å². The van der Waals surface area contributed by atoms with Crippen molar-refractivity contribution >= 4 is 18.1 Å². The minimum Gasteiger partial charge on any atom is -0.462 e. The maximum atomic E-state index is 12.0. The summed E-state index contributed by atoms with van der Waals surface area (Å²) in [6, 6.07) is 14.6. The molecular formula is C16H15NO3. The van der Waals surface area contributed by atoms with Crippen molar-refractivity contribution in [1.29, 1.82) is 0 Å². The van der Waals surface area contributed by atoms with Crippen LogP contribution in [0.3, 0.4) is 0 Å². The number of carbonyl (C=O) groups is 2. The predicted molar refractivity (Wildman–Crippen MR) is 77.5 cm³/mol. The summed E-state index contributed by atoms with van der Waals surface area (Å²) in [5, 5.41) is 2.58. The molecule has 0 fully saturated rings. The quantitative estimate of drug-likeness (QED) is 0.670. The third-order valence-corrected chi connectivity index (χ3v) is 2.83. The maximum absolute atomic E-state index is 12.0. The molecule has 0 unspecified atom stereocenters. The van der Waals surface area contributed by atoms with E-state index in [9.17, 15) is 9.59 Å². The Balaban J connectivity index is 2.51. The van der Waals surface area contributed by atoms with E-state index in [1.807, 2.05) is 30.3 Å². The molecule has 0 radical (unpaired) electrons. The van der Waals surface area contributed by atoms with E-state index in [2.05, 4.69) is 5.32 Å². The summed E-state index contributed by atoms with van der Waals surface area (Å²) in [4.78, 5) is 22.5. The van der Waals surface area contributed by atoms with Gasteiger partial charge in [0.05, 0.1) is 12.2 Å². The molecule has 102 valence electrons. The van der Waals surface area contributed by atoms with E-state index in [1.54, 1.807) is 25.1 Å². The highest BCUT2D eigenvalue weighted by Crippen LogP contribution is 2.27. The van der Waals surface area contributed by atoms with Crippen LogP contribution in [0.4, 0.5) is 5.69 Å². The highest BCUT2D eigenvalue weighted by Gasteiger charge is 2.14. The number of nitrogens with one attached hydrogen (secondary N) is 1. The minimum absolute atomic E-state index is 0.321. The summed E-state index contributed by atoms with van der Waals surface area (Å²) in [7, 11) is 0. The predicted octanol–water partition coefficient (Wildman–Crippen LogP) is 3.10. The fourth-order valence-electron chi connectivity index (χ4n) is 1.95. The summed E-state index contributed by atoms with van der Waals surface area (Å²) < 4.78 is 5.06. The molecule has 1 amide bonds. The van der Waals surface area contributed by atoms with Crippen LogP contribution >= 0.6 is 0 Å². The van der Waals surface area contributed by atoms with Gasteiger partial charge in [-0.05, 0) is 36.2 Å². The van der Waals surface area contributed by atoms with Crippen LogP contribution in [0.1, 0.15) is 17.3 Å². The van der Waals surface area contributed by atoms with Gasteiger partial charge < -0.3 is 10.1 Å². The zero-order valence-corrected chi connectivity index (χ0v) is 11.1. The van der Waals surface area contributed by atoms with Gasteiger partial charge in [-0.3, -0.25) is 4.79 Å².